The van der Waals surface area contributed by atoms with Crippen molar-refractivity contribution in [2.75, 3.05) is 7.11 Å². The van der Waals surface area contributed by atoms with Crippen LogP contribution in [0.4, 0.5) is 0 Å². The average molecular weight is 411 g/mol. The van der Waals surface area contributed by atoms with E-state index in [1.54, 1.807) is 7.11 Å². The van der Waals surface area contributed by atoms with Crippen LogP contribution in [0.15, 0.2) is 54.9 Å². The van der Waals surface area contributed by atoms with Crippen molar-refractivity contribution in [2.45, 2.75) is 25.8 Å². The molecule has 0 unspecified atom stereocenters. The van der Waals surface area contributed by atoms with Gasteiger partial charge in [-0.2, -0.15) is 0 Å². The van der Waals surface area contributed by atoms with E-state index in [0.29, 0.717) is 10.0 Å². The van der Waals surface area contributed by atoms with Crippen LogP contribution in [-0.4, -0.2) is 16.1 Å². The number of hydrogen-bond acceptors (Lipinski definition) is 1. The van der Waals surface area contributed by atoms with Gasteiger partial charge in [-0.25, -0.2) is 0 Å². The van der Waals surface area contributed by atoms with Gasteiger partial charge in [-0.3, -0.25) is 0 Å². The highest BCUT2D eigenvalue weighted by Crippen LogP contribution is 2.38. The van der Waals surface area contributed by atoms with Crippen LogP contribution in [0.2, 0.25) is 10.0 Å². The first kappa shape index (κ1) is 17.7. The Bertz CT molecular complexity index is 1170. The summed E-state index contributed by atoms with van der Waals surface area (Å²) < 4.78 is 10.0. The van der Waals surface area contributed by atoms with Crippen molar-refractivity contribution in [1.82, 2.24) is 8.97 Å². The molecule has 1 aliphatic heterocycles. The van der Waals surface area contributed by atoms with E-state index >= 15 is 0 Å². The monoisotopic (exact) mass is 410 g/mol. The number of methoxy groups -OCH3 is 1. The second-order valence-electron chi connectivity index (χ2n) is 7.23. The first-order chi connectivity index (χ1) is 13.7. The van der Waals surface area contributed by atoms with Gasteiger partial charge >= 0.3 is 0 Å². The van der Waals surface area contributed by atoms with Gasteiger partial charge in [-0.15, -0.1) is 0 Å². The Kier molecular flexibility index (Phi) is 4.37. The zero-order valence-electron chi connectivity index (χ0n) is 15.6. The lowest BCUT2D eigenvalue weighted by atomic mass is 10.0. The van der Waals surface area contributed by atoms with Crippen LogP contribution >= 0.6 is 23.2 Å². The number of benzene rings is 2. The number of rotatable bonds is 3. The fraction of sp³-hybridized carbons (Fsp3) is 0.217. The van der Waals surface area contributed by atoms with E-state index in [1.807, 2.05) is 24.3 Å². The summed E-state index contributed by atoms with van der Waals surface area (Å²) in [6.45, 7) is 1.02. The molecular weight excluding hydrogens is 391 g/mol. The fourth-order valence-electron chi connectivity index (χ4n) is 4.22. The van der Waals surface area contributed by atoms with E-state index in [2.05, 4.69) is 39.6 Å². The average Bonchev–Trinajstić information content (AvgIpc) is 3.15. The Morgan fingerprint density at radius 1 is 0.893 bits per heavy atom. The SMILES string of the molecule is COc1ccc(-c2cn3cc(-c4ccc(Cl)c(Cl)c4)c4c3n2CCCC4)cc1. The smallest absolute Gasteiger partial charge is 0.121 e. The zero-order chi connectivity index (χ0) is 19.3. The Morgan fingerprint density at radius 3 is 2.43 bits per heavy atom. The molecule has 3 nitrogen and oxygen atoms in total. The van der Waals surface area contributed by atoms with E-state index in [9.17, 15) is 0 Å². The van der Waals surface area contributed by atoms with Gasteiger partial charge < -0.3 is 13.7 Å². The molecule has 0 radical (unpaired) electrons. The van der Waals surface area contributed by atoms with E-state index in [4.69, 9.17) is 27.9 Å². The summed E-state index contributed by atoms with van der Waals surface area (Å²) in [6, 6.07) is 14.2. The molecule has 28 heavy (non-hydrogen) atoms. The lowest BCUT2D eigenvalue weighted by molar-refractivity contribution is 0.415. The van der Waals surface area contributed by atoms with Gasteiger partial charge in [0.2, 0.25) is 0 Å². The van der Waals surface area contributed by atoms with Crippen LogP contribution in [0.1, 0.15) is 18.4 Å². The van der Waals surface area contributed by atoms with Crippen molar-refractivity contribution in [1.29, 1.82) is 0 Å². The molecule has 5 heteroatoms. The molecule has 4 aromatic rings. The minimum absolute atomic E-state index is 0.589. The highest BCUT2D eigenvalue weighted by molar-refractivity contribution is 6.42. The third-order valence-corrected chi connectivity index (χ3v) is 6.33. The van der Waals surface area contributed by atoms with Gasteiger partial charge in [-0.05, 0) is 66.8 Å². The third kappa shape index (κ3) is 2.81. The second kappa shape index (κ2) is 6.91. The number of aryl methyl sites for hydroxylation is 2. The van der Waals surface area contributed by atoms with E-state index in [0.717, 1.165) is 24.3 Å². The van der Waals surface area contributed by atoms with Crippen molar-refractivity contribution >= 4 is 28.8 Å². The number of hydrogen-bond donors (Lipinski definition) is 0. The van der Waals surface area contributed by atoms with Crippen molar-refractivity contribution in [3.8, 4) is 28.1 Å². The highest BCUT2D eigenvalue weighted by atomic mass is 35.5. The van der Waals surface area contributed by atoms with E-state index in [-0.39, 0.29) is 0 Å². The van der Waals surface area contributed by atoms with Gasteiger partial charge in [0.25, 0.3) is 0 Å². The number of ether oxygens (including phenoxy) is 1. The Morgan fingerprint density at radius 2 is 1.68 bits per heavy atom. The maximum Gasteiger partial charge on any atom is 0.121 e. The molecule has 5 rings (SSSR count). The Labute approximate surface area is 174 Å². The first-order valence-corrected chi connectivity index (χ1v) is 10.2. The largest absolute Gasteiger partial charge is 0.497 e. The summed E-state index contributed by atoms with van der Waals surface area (Å²) in [7, 11) is 1.70. The molecule has 0 saturated heterocycles. The van der Waals surface area contributed by atoms with Crippen LogP contribution in [0.25, 0.3) is 28.0 Å². The topological polar surface area (TPSA) is 18.6 Å². The molecule has 0 atom stereocenters. The maximum atomic E-state index is 6.29. The zero-order valence-corrected chi connectivity index (χ0v) is 17.1. The van der Waals surface area contributed by atoms with Crippen LogP contribution in [0.5, 0.6) is 5.75 Å². The summed E-state index contributed by atoms with van der Waals surface area (Å²) >= 11 is 12.4. The molecule has 2 aromatic heterocycles. The lowest BCUT2D eigenvalue weighted by Crippen LogP contribution is -1.99. The molecule has 142 valence electrons. The van der Waals surface area contributed by atoms with Crippen LogP contribution in [0, 0.1) is 0 Å². The molecule has 3 heterocycles. The van der Waals surface area contributed by atoms with Crippen molar-refractivity contribution in [2.24, 2.45) is 0 Å². The second-order valence-corrected chi connectivity index (χ2v) is 8.05. The molecule has 0 amide bonds. The third-order valence-electron chi connectivity index (χ3n) is 5.59. The molecule has 0 bridgehead atoms. The fourth-order valence-corrected chi connectivity index (χ4v) is 4.52. The van der Waals surface area contributed by atoms with Gasteiger partial charge in [0.1, 0.15) is 11.4 Å². The van der Waals surface area contributed by atoms with Gasteiger partial charge in [0.15, 0.2) is 0 Å². The Balaban J connectivity index is 1.69. The van der Waals surface area contributed by atoms with Crippen LogP contribution < -0.4 is 4.74 Å². The quantitative estimate of drug-likeness (QED) is 0.366. The molecular formula is C23H20Cl2N2O. The standard InChI is InChI=1S/C23H20Cl2N2O/c1-28-17-8-5-15(6-9-17)22-14-26-13-19(16-7-10-20(24)21(25)12-16)18-4-2-3-11-27(22)23(18)26/h5-10,12-14H,2-4,11H2,1H3. The van der Waals surface area contributed by atoms with Gasteiger partial charge in [0.05, 0.1) is 22.8 Å². The minimum atomic E-state index is 0.589. The number of aromatic nitrogens is 2. The van der Waals surface area contributed by atoms with Crippen LogP contribution in [-0.2, 0) is 13.0 Å². The summed E-state index contributed by atoms with van der Waals surface area (Å²) in [5.74, 6) is 0.875. The number of halogens is 2. The lowest BCUT2D eigenvalue weighted by Gasteiger charge is -2.09. The van der Waals surface area contributed by atoms with Crippen molar-refractivity contribution < 1.29 is 4.74 Å². The van der Waals surface area contributed by atoms with Crippen LogP contribution in [0.3, 0.4) is 0 Å². The minimum Gasteiger partial charge on any atom is -0.497 e. The summed E-state index contributed by atoms with van der Waals surface area (Å²) in [5.41, 5.74) is 7.47. The predicted molar refractivity (Wildman–Crippen MR) is 116 cm³/mol. The molecule has 0 aliphatic carbocycles. The molecule has 0 saturated carbocycles. The first-order valence-electron chi connectivity index (χ1n) is 9.48. The van der Waals surface area contributed by atoms with Gasteiger partial charge in [0, 0.05) is 30.1 Å². The summed E-state index contributed by atoms with van der Waals surface area (Å²) in [4.78, 5) is 0. The van der Waals surface area contributed by atoms with E-state index in [1.165, 1.54) is 40.9 Å². The molecule has 0 fully saturated rings. The van der Waals surface area contributed by atoms with Crippen molar-refractivity contribution in [3.63, 3.8) is 0 Å². The maximum absolute atomic E-state index is 6.29. The molecule has 0 spiro atoms. The van der Waals surface area contributed by atoms with Gasteiger partial charge in [-0.1, -0.05) is 29.3 Å². The molecule has 1 aliphatic rings. The number of imidazole rings is 1. The molecule has 0 N–H and O–H groups in total. The summed E-state index contributed by atoms with van der Waals surface area (Å²) in [6.07, 6.45) is 7.87. The predicted octanol–water partition coefficient (Wildman–Crippen LogP) is 6.73. The van der Waals surface area contributed by atoms with E-state index < -0.39 is 0 Å². The van der Waals surface area contributed by atoms with Crippen molar-refractivity contribution in [3.05, 3.63) is 70.5 Å². The number of nitrogens with zero attached hydrogens (tertiary/aromatic N) is 2. The summed E-state index contributed by atoms with van der Waals surface area (Å²) in [5, 5.41) is 1.18. The highest BCUT2D eigenvalue weighted by Gasteiger charge is 2.22. The normalized spacial score (nSPS) is 13.7. The molecule has 2 aromatic carbocycles. The Hall–Kier alpha value is -2.36.